The van der Waals surface area contributed by atoms with Gasteiger partial charge >= 0.3 is 6.09 Å². The number of aromatic nitrogens is 4. The number of nitrogens with zero attached hydrogens (tertiary/aromatic N) is 4. The summed E-state index contributed by atoms with van der Waals surface area (Å²) in [5.74, 6) is 0.380. The highest BCUT2D eigenvalue weighted by molar-refractivity contribution is 6.74. The van der Waals surface area contributed by atoms with Crippen LogP contribution >= 0.6 is 0 Å². The number of amides is 1. The quantitative estimate of drug-likeness (QED) is 0.457. The van der Waals surface area contributed by atoms with E-state index in [1.165, 1.54) is 17.9 Å². The third kappa shape index (κ3) is 6.30. The Kier molecular flexibility index (Phi) is 7.61. The average Bonchev–Trinajstić information content (AvgIpc) is 2.81. The molecule has 4 rings (SSSR count). The van der Waals surface area contributed by atoms with Gasteiger partial charge in [-0.2, -0.15) is 4.98 Å². The number of alkyl carbamates (subject to hydrolysis) is 1. The van der Waals surface area contributed by atoms with E-state index in [4.69, 9.17) is 18.9 Å². The summed E-state index contributed by atoms with van der Waals surface area (Å²) in [4.78, 5) is 39.1. The van der Waals surface area contributed by atoms with Crippen LogP contribution in [-0.2, 0) is 22.0 Å². The third-order valence-electron chi connectivity index (χ3n) is 7.31. The molecule has 11 heteroatoms. The number of hydrogen-bond acceptors (Lipinski definition) is 8. The molecular formula is C28H39N5O5Si. The molecule has 0 aliphatic heterocycles. The zero-order valence-corrected chi connectivity index (χ0v) is 25.3. The van der Waals surface area contributed by atoms with E-state index in [2.05, 4.69) is 49.1 Å². The van der Waals surface area contributed by atoms with E-state index >= 15 is 0 Å². The van der Waals surface area contributed by atoms with Crippen LogP contribution in [0.5, 0.6) is 5.88 Å². The summed E-state index contributed by atoms with van der Waals surface area (Å²) < 4.78 is 19.5. The minimum absolute atomic E-state index is 0.0282. The summed E-state index contributed by atoms with van der Waals surface area (Å²) in [6.45, 7) is 16.6. The van der Waals surface area contributed by atoms with Crippen LogP contribution in [-0.4, -0.2) is 58.8 Å². The Bertz CT molecular complexity index is 1440. The molecule has 3 aromatic rings. The lowest BCUT2D eigenvalue weighted by molar-refractivity contribution is 0.00155. The van der Waals surface area contributed by atoms with Crippen LogP contribution < -0.4 is 15.6 Å². The first-order valence-electron chi connectivity index (χ1n) is 13.2. The van der Waals surface area contributed by atoms with Crippen LogP contribution in [0.4, 0.5) is 4.79 Å². The number of carbonyl (C=O) groups excluding carboxylic acids is 1. The summed E-state index contributed by atoms with van der Waals surface area (Å²) in [7, 11) is -0.682. The van der Waals surface area contributed by atoms with Crippen molar-refractivity contribution in [1.29, 1.82) is 0 Å². The van der Waals surface area contributed by atoms with E-state index in [0.29, 0.717) is 35.6 Å². The minimum Gasteiger partial charge on any atom is -0.481 e. The topological polar surface area (TPSA) is 117 Å². The van der Waals surface area contributed by atoms with E-state index in [1.807, 2.05) is 26.8 Å². The predicted molar refractivity (Wildman–Crippen MR) is 152 cm³/mol. The highest BCUT2D eigenvalue weighted by atomic mass is 28.4. The molecule has 0 saturated heterocycles. The third-order valence-corrected chi connectivity index (χ3v) is 11.8. The number of methoxy groups -OCH3 is 1. The van der Waals surface area contributed by atoms with Gasteiger partial charge < -0.3 is 19.2 Å². The van der Waals surface area contributed by atoms with Crippen molar-refractivity contribution in [3.63, 3.8) is 0 Å². The number of carbonyl (C=O) groups is 1. The standard InChI is InChI=1S/C28H39N5O5Si/c1-27(2,3)32-26(35)37-21-14-20-17(13-22(21)38-39(8,9)28(4,5)6)12-18(15-29-20)33-24(34)16-30-19-10-11-23(36-7)31-25(19)33/h10-12,15-16,21-22H,13-14H2,1-9H3,(H,32,35)/t21-,22-/m0/s1. The monoisotopic (exact) mass is 553 g/mol. The van der Waals surface area contributed by atoms with Gasteiger partial charge in [0.1, 0.15) is 11.6 Å². The molecule has 1 amide bonds. The van der Waals surface area contributed by atoms with Gasteiger partial charge in [0, 0.05) is 30.1 Å². The summed E-state index contributed by atoms with van der Waals surface area (Å²) in [6.07, 6.45) is 2.48. The van der Waals surface area contributed by atoms with Crippen LogP contribution in [0.1, 0.15) is 52.8 Å². The highest BCUT2D eigenvalue weighted by Gasteiger charge is 2.43. The van der Waals surface area contributed by atoms with Gasteiger partial charge in [-0.25, -0.2) is 9.78 Å². The van der Waals surface area contributed by atoms with Crippen LogP contribution in [0.3, 0.4) is 0 Å². The number of pyridine rings is 2. The van der Waals surface area contributed by atoms with Crippen molar-refractivity contribution in [2.24, 2.45) is 0 Å². The van der Waals surface area contributed by atoms with E-state index in [1.54, 1.807) is 18.3 Å². The Balaban J connectivity index is 1.74. The zero-order chi connectivity index (χ0) is 28.8. The molecule has 10 nitrogen and oxygen atoms in total. The first kappa shape index (κ1) is 28.7. The fraction of sp³-hybridized carbons (Fsp3) is 0.536. The molecule has 0 aromatic carbocycles. The SMILES string of the molecule is COc1ccc2ncc(=O)n(-c3cnc4c(c3)C[C@H](O[Si](C)(C)C(C)(C)C)[C@@H](OC(=O)NC(C)(C)C)C4)c2n1. The van der Waals surface area contributed by atoms with Crippen molar-refractivity contribution in [1.82, 2.24) is 24.8 Å². The first-order chi connectivity index (χ1) is 18.1. The van der Waals surface area contributed by atoms with Gasteiger partial charge in [0.2, 0.25) is 5.88 Å². The van der Waals surface area contributed by atoms with E-state index in [-0.39, 0.29) is 16.7 Å². The van der Waals surface area contributed by atoms with Gasteiger partial charge in [0.05, 0.1) is 31.3 Å². The maximum absolute atomic E-state index is 13.0. The molecular weight excluding hydrogens is 514 g/mol. The summed E-state index contributed by atoms with van der Waals surface area (Å²) in [6, 6.07) is 5.41. The second kappa shape index (κ2) is 10.3. The first-order valence-corrected chi connectivity index (χ1v) is 16.1. The molecule has 210 valence electrons. The van der Waals surface area contributed by atoms with E-state index < -0.39 is 26.1 Å². The molecule has 3 heterocycles. The van der Waals surface area contributed by atoms with Crippen molar-refractivity contribution >= 4 is 25.6 Å². The van der Waals surface area contributed by atoms with Crippen molar-refractivity contribution in [3.05, 3.63) is 52.2 Å². The van der Waals surface area contributed by atoms with Crippen LogP contribution in [0, 0.1) is 0 Å². The van der Waals surface area contributed by atoms with Gasteiger partial charge in [-0.15, -0.1) is 0 Å². The molecule has 0 saturated carbocycles. The number of nitrogens with one attached hydrogen (secondary N) is 1. The lowest BCUT2D eigenvalue weighted by atomic mass is 9.91. The maximum Gasteiger partial charge on any atom is 0.407 e. The van der Waals surface area contributed by atoms with Gasteiger partial charge in [0.25, 0.3) is 5.56 Å². The Morgan fingerprint density at radius 2 is 1.77 bits per heavy atom. The average molecular weight is 554 g/mol. The maximum atomic E-state index is 13.0. The molecule has 0 fully saturated rings. The van der Waals surface area contributed by atoms with Gasteiger partial charge in [-0.3, -0.25) is 14.3 Å². The molecule has 0 radical (unpaired) electrons. The summed E-state index contributed by atoms with van der Waals surface area (Å²) >= 11 is 0. The normalized spacial score (nSPS) is 18.0. The van der Waals surface area contributed by atoms with Crippen LogP contribution in [0.2, 0.25) is 18.1 Å². The van der Waals surface area contributed by atoms with Gasteiger partial charge in [-0.05, 0) is 56.6 Å². The van der Waals surface area contributed by atoms with Crippen LogP contribution in [0.25, 0.3) is 16.9 Å². The molecule has 1 aliphatic carbocycles. The lowest BCUT2D eigenvalue weighted by Gasteiger charge is -2.42. The second-order valence-electron chi connectivity index (χ2n) is 12.6. The summed E-state index contributed by atoms with van der Waals surface area (Å²) in [5, 5.41) is 2.85. The Labute approximate surface area is 230 Å². The minimum atomic E-state index is -2.21. The Morgan fingerprint density at radius 3 is 2.41 bits per heavy atom. The van der Waals surface area contributed by atoms with E-state index in [9.17, 15) is 9.59 Å². The molecule has 0 unspecified atom stereocenters. The lowest BCUT2D eigenvalue weighted by Crippen LogP contribution is -2.52. The van der Waals surface area contributed by atoms with Crippen molar-refractivity contribution in [2.45, 2.75) is 90.3 Å². The fourth-order valence-electron chi connectivity index (χ4n) is 4.28. The fourth-order valence-corrected chi connectivity index (χ4v) is 5.63. The number of fused-ring (bicyclic) bond motifs is 2. The highest BCUT2D eigenvalue weighted by Crippen LogP contribution is 2.39. The van der Waals surface area contributed by atoms with Crippen molar-refractivity contribution in [3.8, 4) is 11.6 Å². The second-order valence-corrected chi connectivity index (χ2v) is 17.3. The Morgan fingerprint density at radius 1 is 1.05 bits per heavy atom. The largest absolute Gasteiger partial charge is 0.481 e. The smallest absolute Gasteiger partial charge is 0.407 e. The number of ether oxygens (including phenoxy) is 2. The number of rotatable bonds is 5. The molecule has 1 aliphatic rings. The van der Waals surface area contributed by atoms with Crippen LogP contribution in [0.15, 0.2) is 35.4 Å². The van der Waals surface area contributed by atoms with Crippen molar-refractivity contribution in [2.75, 3.05) is 7.11 Å². The molecule has 0 spiro atoms. The molecule has 3 aromatic heterocycles. The van der Waals surface area contributed by atoms with Gasteiger partial charge in [0.15, 0.2) is 14.0 Å². The molecule has 39 heavy (non-hydrogen) atoms. The predicted octanol–water partition coefficient (Wildman–Crippen LogP) is 4.57. The van der Waals surface area contributed by atoms with E-state index in [0.717, 1.165) is 11.3 Å². The van der Waals surface area contributed by atoms with Crippen molar-refractivity contribution < 1.29 is 18.7 Å². The molecule has 0 bridgehead atoms. The molecule has 2 atom stereocenters. The Hall–Kier alpha value is -3.31. The summed E-state index contributed by atoms with van der Waals surface area (Å²) in [5.41, 5.74) is 2.51. The zero-order valence-electron chi connectivity index (χ0n) is 24.3. The van der Waals surface area contributed by atoms with Gasteiger partial charge in [-0.1, -0.05) is 20.8 Å². The number of hydrogen-bond donors (Lipinski definition) is 1. The molecule has 1 N–H and O–H groups in total.